The van der Waals surface area contributed by atoms with Crippen molar-refractivity contribution in [2.24, 2.45) is 0 Å². The van der Waals surface area contributed by atoms with E-state index in [0.717, 1.165) is 17.3 Å². The normalized spacial score (nSPS) is 10.3. The zero-order valence-corrected chi connectivity index (χ0v) is 18.7. The molecule has 0 unspecified atom stereocenters. The van der Waals surface area contributed by atoms with Crippen LogP contribution in [0.4, 0.5) is 11.4 Å². The smallest absolute Gasteiger partial charge is 0.251 e. The Labute approximate surface area is 194 Å². The number of rotatable bonds is 9. The summed E-state index contributed by atoms with van der Waals surface area (Å²) in [7, 11) is 0. The van der Waals surface area contributed by atoms with E-state index in [-0.39, 0.29) is 35.1 Å². The third kappa shape index (κ3) is 8.26. The van der Waals surface area contributed by atoms with Crippen LogP contribution in [0.25, 0.3) is 0 Å². The molecule has 10 heteroatoms. The summed E-state index contributed by atoms with van der Waals surface area (Å²) < 4.78 is 0. The predicted octanol–water partition coefficient (Wildman–Crippen LogP) is 2.32. The summed E-state index contributed by atoms with van der Waals surface area (Å²) in [4.78, 5) is 54.3. The number of benzene rings is 2. The van der Waals surface area contributed by atoms with Crippen LogP contribution in [-0.2, 0) is 27.3 Å². The minimum atomic E-state index is -0.396. The molecule has 0 aliphatic heterocycles. The van der Waals surface area contributed by atoms with Crippen LogP contribution < -0.4 is 21.5 Å². The van der Waals surface area contributed by atoms with Crippen LogP contribution in [0.2, 0.25) is 0 Å². The van der Waals surface area contributed by atoms with Gasteiger partial charge in [0.25, 0.3) is 5.56 Å². The molecule has 9 nitrogen and oxygen atoms in total. The summed E-state index contributed by atoms with van der Waals surface area (Å²) in [5.74, 6) is -0.713. The number of nitrogens with zero attached hydrogens (tertiary/aromatic N) is 1. The number of hydrogen-bond donors (Lipinski definition) is 4. The third-order valence-corrected chi connectivity index (χ3v) is 5.15. The maximum atomic E-state index is 12.2. The van der Waals surface area contributed by atoms with Crippen LogP contribution in [-0.4, -0.2) is 33.4 Å². The monoisotopic (exact) mass is 465 g/mol. The van der Waals surface area contributed by atoms with Crippen LogP contribution in [0.15, 0.2) is 70.6 Å². The molecule has 0 bridgehead atoms. The fraction of sp³-hybridized carbons (Fsp3) is 0.174. The summed E-state index contributed by atoms with van der Waals surface area (Å²) in [5.41, 5.74) is 2.09. The van der Waals surface area contributed by atoms with Gasteiger partial charge in [0.15, 0.2) is 5.16 Å². The van der Waals surface area contributed by atoms with Gasteiger partial charge in [0.1, 0.15) is 0 Å². The van der Waals surface area contributed by atoms with Crippen LogP contribution in [0, 0.1) is 0 Å². The Balaban J connectivity index is 1.50. The topological polar surface area (TPSA) is 133 Å². The number of H-pyrrole nitrogens is 1. The number of amides is 3. The molecule has 0 saturated carbocycles. The van der Waals surface area contributed by atoms with Gasteiger partial charge in [-0.3, -0.25) is 19.2 Å². The summed E-state index contributed by atoms with van der Waals surface area (Å²) in [6, 6.07) is 17.4. The highest BCUT2D eigenvalue weighted by molar-refractivity contribution is 7.99. The molecule has 1 heterocycles. The molecule has 33 heavy (non-hydrogen) atoms. The van der Waals surface area contributed by atoms with Gasteiger partial charge in [-0.1, -0.05) is 42.1 Å². The zero-order chi connectivity index (χ0) is 23.6. The zero-order valence-electron chi connectivity index (χ0n) is 17.9. The number of thioether (sulfide) groups is 1. The van der Waals surface area contributed by atoms with Crippen LogP contribution in [0.1, 0.15) is 18.2 Å². The van der Waals surface area contributed by atoms with E-state index < -0.39 is 5.56 Å². The lowest BCUT2D eigenvalue weighted by molar-refractivity contribution is -0.120. The minimum absolute atomic E-state index is 0.0139. The Bertz CT molecular complexity index is 1180. The molecule has 0 aliphatic rings. The maximum Gasteiger partial charge on any atom is 0.251 e. The minimum Gasteiger partial charge on any atom is -0.352 e. The Morgan fingerprint density at radius 1 is 0.939 bits per heavy atom. The number of hydrogen-bond acceptors (Lipinski definition) is 6. The summed E-state index contributed by atoms with van der Waals surface area (Å²) in [6.07, 6.45) is -0.0445. The van der Waals surface area contributed by atoms with Crippen molar-refractivity contribution in [2.75, 3.05) is 16.4 Å². The SMILES string of the molecule is CC(=O)Nc1ccc(NC(=O)CSc2nc(CC(=O)NCc3ccccc3)cc(=O)[nH]2)cc1. The second-order valence-corrected chi connectivity index (χ2v) is 8.04. The van der Waals surface area contributed by atoms with Crippen LogP contribution in [0.5, 0.6) is 0 Å². The highest BCUT2D eigenvalue weighted by Gasteiger charge is 2.10. The van der Waals surface area contributed by atoms with Crippen molar-refractivity contribution in [1.29, 1.82) is 0 Å². The first-order valence-corrected chi connectivity index (χ1v) is 11.1. The van der Waals surface area contributed by atoms with E-state index in [0.29, 0.717) is 23.6 Å². The van der Waals surface area contributed by atoms with E-state index >= 15 is 0 Å². The van der Waals surface area contributed by atoms with Gasteiger partial charge in [-0.2, -0.15) is 0 Å². The Kier molecular flexibility index (Phi) is 8.36. The Morgan fingerprint density at radius 2 is 1.61 bits per heavy atom. The number of aromatic nitrogens is 2. The molecule has 0 spiro atoms. The number of carbonyl (C=O) groups is 3. The highest BCUT2D eigenvalue weighted by Crippen LogP contribution is 2.16. The highest BCUT2D eigenvalue weighted by atomic mass is 32.2. The summed E-state index contributed by atoms with van der Waals surface area (Å²) in [6.45, 7) is 1.80. The van der Waals surface area contributed by atoms with E-state index in [9.17, 15) is 19.2 Å². The van der Waals surface area contributed by atoms with Gasteiger partial charge in [0, 0.05) is 30.9 Å². The molecule has 1 aromatic heterocycles. The Hall–Kier alpha value is -3.92. The first-order chi connectivity index (χ1) is 15.9. The lowest BCUT2D eigenvalue weighted by atomic mass is 10.2. The van der Waals surface area contributed by atoms with E-state index in [1.54, 1.807) is 24.3 Å². The molecule has 0 saturated heterocycles. The van der Waals surface area contributed by atoms with E-state index in [1.807, 2.05) is 30.3 Å². The lowest BCUT2D eigenvalue weighted by Crippen LogP contribution is -2.26. The van der Waals surface area contributed by atoms with Crippen molar-refractivity contribution in [3.8, 4) is 0 Å². The van der Waals surface area contributed by atoms with Gasteiger partial charge in [0.05, 0.1) is 17.9 Å². The standard InChI is InChI=1S/C23H23N5O4S/c1-15(29)25-17-7-9-18(10-8-17)26-22(32)14-33-23-27-19(12-21(31)28-23)11-20(30)24-13-16-5-3-2-4-6-16/h2-10,12H,11,13-14H2,1H3,(H,24,30)(H,25,29)(H,26,32)(H,27,28,31). The maximum absolute atomic E-state index is 12.2. The van der Waals surface area contributed by atoms with Crippen molar-refractivity contribution in [2.45, 2.75) is 25.0 Å². The van der Waals surface area contributed by atoms with Crippen molar-refractivity contribution in [1.82, 2.24) is 15.3 Å². The number of aromatic amines is 1. The molecule has 4 N–H and O–H groups in total. The van der Waals surface area contributed by atoms with Gasteiger partial charge in [0.2, 0.25) is 17.7 Å². The summed E-state index contributed by atoms with van der Waals surface area (Å²) in [5, 5.41) is 8.42. The molecule has 3 rings (SSSR count). The van der Waals surface area contributed by atoms with E-state index in [1.165, 1.54) is 13.0 Å². The van der Waals surface area contributed by atoms with Crippen molar-refractivity contribution in [3.05, 3.63) is 82.3 Å². The molecule has 0 aliphatic carbocycles. The van der Waals surface area contributed by atoms with Crippen molar-refractivity contribution >= 4 is 40.9 Å². The molecular formula is C23H23N5O4S. The average Bonchev–Trinajstić information content (AvgIpc) is 2.78. The van der Waals surface area contributed by atoms with Gasteiger partial charge in [-0.05, 0) is 29.8 Å². The molecular weight excluding hydrogens is 442 g/mol. The Morgan fingerprint density at radius 3 is 2.27 bits per heavy atom. The molecule has 2 aromatic carbocycles. The second-order valence-electron chi connectivity index (χ2n) is 7.08. The van der Waals surface area contributed by atoms with E-state index in [4.69, 9.17) is 0 Å². The number of nitrogens with one attached hydrogen (secondary N) is 4. The van der Waals surface area contributed by atoms with Gasteiger partial charge in [-0.15, -0.1) is 0 Å². The fourth-order valence-corrected chi connectivity index (χ4v) is 3.53. The number of anilines is 2. The molecule has 0 atom stereocenters. The second kappa shape index (κ2) is 11.6. The number of carbonyl (C=O) groups excluding carboxylic acids is 3. The summed E-state index contributed by atoms with van der Waals surface area (Å²) >= 11 is 1.06. The van der Waals surface area contributed by atoms with Gasteiger partial charge >= 0.3 is 0 Å². The molecule has 3 aromatic rings. The van der Waals surface area contributed by atoms with Crippen LogP contribution >= 0.6 is 11.8 Å². The quantitative estimate of drug-likeness (QED) is 0.283. The largest absolute Gasteiger partial charge is 0.352 e. The van der Waals surface area contributed by atoms with Gasteiger partial charge < -0.3 is 20.9 Å². The average molecular weight is 466 g/mol. The van der Waals surface area contributed by atoms with Gasteiger partial charge in [-0.25, -0.2) is 4.98 Å². The lowest BCUT2D eigenvalue weighted by Gasteiger charge is -2.08. The first-order valence-electron chi connectivity index (χ1n) is 10.1. The molecule has 3 amide bonds. The van der Waals surface area contributed by atoms with Crippen molar-refractivity contribution in [3.63, 3.8) is 0 Å². The van der Waals surface area contributed by atoms with Crippen molar-refractivity contribution < 1.29 is 14.4 Å². The predicted molar refractivity (Wildman–Crippen MR) is 127 cm³/mol. The fourth-order valence-electron chi connectivity index (χ4n) is 2.84. The molecule has 0 radical (unpaired) electrons. The third-order valence-electron chi connectivity index (χ3n) is 4.28. The van der Waals surface area contributed by atoms with E-state index in [2.05, 4.69) is 25.9 Å². The molecule has 0 fully saturated rings. The first kappa shape index (κ1) is 23.7. The molecule has 170 valence electrons. The van der Waals surface area contributed by atoms with Crippen LogP contribution in [0.3, 0.4) is 0 Å².